The van der Waals surface area contributed by atoms with Gasteiger partial charge < -0.3 is 10.1 Å². The number of aliphatic hydroxyl groups excluding tert-OH is 1. The summed E-state index contributed by atoms with van der Waals surface area (Å²) in [6.45, 7) is -0.000364. The number of hydrogen-bond acceptors (Lipinski definition) is 4. The van der Waals surface area contributed by atoms with Gasteiger partial charge in [0.05, 0.1) is 18.6 Å². The average Bonchev–Trinajstić information content (AvgIpc) is 2.62. The zero-order valence-corrected chi connectivity index (χ0v) is 6.81. The van der Waals surface area contributed by atoms with Gasteiger partial charge in [0.1, 0.15) is 11.8 Å². The number of aromatic amines is 1. The predicted octanol–water partition coefficient (Wildman–Crippen LogP) is 0.358. The summed E-state index contributed by atoms with van der Waals surface area (Å²) in [5, 5.41) is 8.59. The Labute approximate surface area is 74.2 Å². The maximum absolute atomic E-state index is 8.59. The van der Waals surface area contributed by atoms with Gasteiger partial charge in [-0.3, -0.25) is 0 Å². The van der Waals surface area contributed by atoms with Crippen LogP contribution >= 0.6 is 0 Å². The second-order valence-electron chi connectivity index (χ2n) is 2.44. The minimum atomic E-state index is -0.000364. The van der Waals surface area contributed by atoms with Crippen molar-refractivity contribution in [3.05, 3.63) is 24.4 Å². The molecule has 2 aromatic rings. The molecular weight excluding hydrogens is 168 g/mol. The van der Waals surface area contributed by atoms with Crippen LogP contribution in [0.4, 0.5) is 0 Å². The van der Waals surface area contributed by atoms with E-state index in [2.05, 4.69) is 19.9 Å². The molecule has 0 amide bonds. The number of hydrogen-bond donors (Lipinski definition) is 2. The summed E-state index contributed by atoms with van der Waals surface area (Å²) in [7, 11) is 0. The summed E-state index contributed by atoms with van der Waals surface area (Å²) in [5.74, 6) is 0. The predicted molar refractivity (Wildman–Crippen MR) is 47.8 cm³/mol. The lowest BCUT2D eigenvalue weighted by molar-refractivity contribution is 0.343. The fourth-order valence-corrected chi connectivity index (χ4v) is 1.07. The molecule has 66 valence electrons. The third kappa shape index (κ3) is 1.41. The first-order valence-electron chi connectivity index (χ1n) is 3.83. The van der Waals surface area contributed by atoms with E-state index in [1.54, 1.807) is 18.5 Å². The Hall–Kier alpha value is -1.75. The van der Waals surface area contributed by atoms with Gasteiger partial charge >= 0.3 is 0 Å². The molecule has 2 heterocycles. The van der Waals surface area contributed by atoms with Crippen molar-refractivity contribution in [1.29, 1.82) is 0 Å². The molecule has 0 aliphatic carbocycles. The van der Waals surface area contributed by atoms with Crippen LogP contribution in [0.1, 0.15) is 5.69 Å². The molecule has 2 rings (SSSR count). The van der Waals surface area contributed by atoms with Crippen molar-refractivity contribution in [2.24, 2.45) is 0 Å². The maximum atomic E-state index is 8.59. The smallest absolute Gasteiger partial charge is 0.181 e. The van der Waals surface area contributed by atoms with E-state index >= 15 is 0 Å². The van der Waals surface area contributed by atoms with E-state index in [0.717, 1.165) is 11.2 Å². The molecule has 0 fully saturated rings. The standard InChI is InChI=1S/C8H8N4O/c13-3-1-2-6-7-8(11-4-9-6)12-5-10-7/h1-2,4-5,13H,3H2,(H,9,10,11,12). The zero-order chi connectivity index (χ0) is 9.10. The first kappa shape index (κ1) is 7.88. The lowest BCUT2D eigenvalue weighted by Crippen LogP contribution is -1.86. The fraction of sp³-hybridized carbons (Fsp3) is 0.125. The number of aromatic nitrogens is 4. The number of nitrogens with zero attached hydrogens (tertiary/aromatic N) is 3. The fourth-order valence-electron chi connectivity index (χ4n) is 1.07. The topological polar surface area (TPSA) is 74.7 Å². The Morgan fingerprint density at radius 1 is 1.38 bits per heavy atom. The number of fused-ring (bicyclic) bond motifs is 1. The first-order chi connectivity index (χ1) is 6.42. The van der Waals surface area contributed by atoms with Gasteiger partial charge in [0, 0.05) is 0 Å². The van der Waals surface area contributed by atoms with Crippen LogP contribution in [0.2, 0.25) is 0 Å². The Bertz CT molecular complexity index is 434. The van der Waals surface area contributed by atoms with Crippen molar-refractivity contribution in [3.63, 3.8) is 0 Å². The largest absolute Gasteiger partial charge is 0.392 e. The highest BCUT2D eigenvalue weighted by Crippen LogP contribution is 2.10. The maximum Gasteiger partial charge on any atom is 0.181 e. The molecule has 0 aromatic carbocycles. The molecule has 0 saturated heterocycles. The van der Waals surface area contributed by atoms with Gasteiger partial charge in [-0.15, -0.1) is 0 Å². The van der Waals surface area contributed by atoms with Crippen molar-refractivity contribution in [1.82, 2.24) is 19.9 Å². The molecular formula is C8H8N4O. The van der Waals surface area contributed by atoms with Crippen LogP contribution in [0.5, 0.6) is 0 Å². The van der Waals surface area contributed by atoms with Gasteiger partial charge in [0.15, 0.2) is 5.65 Å². The molecule has 2 N–H and O–H groups in total. The van der Waals surface area contributed by atoms with Crippen LogP contribution in [0, 0.1) is 0 Å². The van der Waals surface area contributed by atoms with Crippen molar-refractivity contribution in [3.8, 4) is 0 Å². The highest BCUT2D eigenvalue weighted by atomic mass is 16.2. The summed E-state index contributed by atoms with van der Waals surface area (Å²) < 4.78 is 0. The molecule has 0 atom stereocenters. The monoisotopic (exact) mass is 176 g/mol. The molecule has 0 radical (unpaired) electrons. The number of H-pyrrole nitrogens is 1. The van der Waals surface area contributed by atoms with E-state index < -0.39 is 0 Å². The van der Waals surface area contributed by atoms with Crippen LogP contribution in [0.3, 0.4) is 0 Å². The molecule has 0 bridgehead atoms. The lowest BCUT2D eigenvalue weighted by Gasteiger charge is -1.92. The molecule has 0 unspecified atom stereocenters. The third-order valence-corrected chi connectivity index (χ3v) is 1.63. The quantitative estimate of drug-likeness (QED) is 0.692. The van der Waals surface area contributed by atoms with E-state index in [0.29, 0.717) is 5.65 Å². The molecule has 13 heavy (non-hydrogen) atoms. The van der Waals surface area contributed by atoms with Crippen molar-refractivity contribution in [2.75, 3.05) is 6.61 Å². The number of imidazole rings is 1. The summed E-state index contributed by atoms with van der Waals surface area (Å²) in [5.41, 5.74) is 2.15. The molecule has 5 nitrogen and oxygen atoms in total. The zero-order valence-electron chi connectivity index (χ0n) is 6.81. The molecule has 5 heteroatoms. The van der Waals surface area contributed by atoms with E-state index in [1.807, 2.05) is 0 Å². The minimum Gasteiger partial charge on any atom is -0.392 e. The van der Waals surface area contributed by atoms with Gasteiger partial charge in [0.25, 0.3) is 0 Å². The Kier molecular flexibility index (Phi) is 2.01. The van der Waals surface area contributed by atoms with Crippen molar-refractivity contribution in [2.45, 2.75) is 0 Å². The van der Waals surface area contributed by atoms with Crippen molar-refractivity contribution < 1.29 is 5.11 Å². The van der Waals surface area contributed by atoms with E-state index in [9.17, 15) is 0 Å². The molecule has 0 aliphatic rings. The van der Waals surface area contributed by atoms with Crippen molar-refractivity contribution >= 4 is 17.2 Å². The average molecular weight is 176 g/mol. The van der Waals surface area contributed by atoms with Gasteiger partial charge in [0.2, 0.25) is 0 Å². The van der Waals surface area contributed by atoms with Gasteiger partial charge in [-0.05, 0) is 6.08 Å². The number of aliphatic hydroxyl groups is 1. The third-order valence-electron chi connectivity index (χ3n) is 1.63. The molecule has 0 spiro atoms. The second kappa shape index (κ2) is 3.32. The Morgan fingerprint density at radius 2 is 2.31 bits per heavy atom. The molecule has 0 aliphatic heterocycles. The van der Waals surface area contributed by atoms with Gasteiger partial charge in [-0.25, -0.2) is 15.0 Å². The first-order valence-corrected chi connectivity index (χ1v) is 3.83. The Morgan fingerprint density at radius 3 is 3.15 bits per heavy atom. The molecule has 2 aromatic heterocycles. The number of nitrogens with one attached hydrogen (secondary N) is 1. The van der Waals surface area contributed by atoms with E-state index in [1.165, 1.54) is 6.33 Å². The van der Waals surface area contributed by atoms with Gasteiger partial charge in [-0.2, -0.15) is 0 Å². The van der Waals surface area contributed by atoms with E-state index in [4.69, 9.17) is 5.11 Å². The summed E-state index contributed by atoms with van der Waals surface area (Å²) >= 11 is 0. The SMILES string of the molecule is OCC=Cc1ncnc2nc[nH]c12. The Balaban J connectivity index is 2.54. The highest BCUT2D eigenvalue weighted by molar-refractivity contribution is 5.78. The normalized spacial score (nSPS) is 11.5. The summed E-state index contributed by atoms with van der Waals surface area (Å²) in [6, 6.07) is 0. The van der Waals surface area contributed by atoms with Crippen LogP contribution in [0.25, 0.3) is 17.2 Å². The summed E-state index contributed by atoms with van der Waals surface area (Å²) in [4.78, 5) is 14.9. The summed E-state index contributed by atoms with van der Waals surface area (Å²) in [6.07, 6.45) is 6.35. The van der Waals surface area contributed by atoms with E-state index in [-0.39, 0.29) is 6.61 Å². The van der Waals surface area contributed by atoms with Crippen LogP contribution in [0.15, 0.2) is 18.7 Å². The highest BCUT2D eigenvalue weighted by Gasteiger charge is 2.00. The van der Waals surface area contributed by atoms with Gasteiger partial charge in [-0.1, -0.05) is 6.08 Å². The number of rotatable bonds is 2. The van der Waals surface area contributed by atoms with Crippen LogP contribution in [-0.2, 0) is 0 Å². The van der Waals surface area contributed by atoms with Crippen LogP contribution in [-0.4, -0.2) is 31.6 Å². The minimum absolute atomic E-state index is 0.000364. The second-order valence-corrected chi connectivity index (χ2v) is 2.44. The lowest BCUT2D eigenvalue weighted by atomic mass is 10.3. The molecule has 0 saturated carbocycles. The van der Waals surface area contributed by atoms with Crippen LogP contribution < -0.4 is 0 Å².